The molecule has 4 amide bonds. The topological polar surface area (TPSA) is 79.0 Å². The van der Waals surface area contributed by atoms with Crippen LogP contribution in [0.2, 0.25) is 0 Å². The number of urea groups is 1. The fourth-order valence-electron chi connectivity index (χ4n) is 4.55. The van der Waals surface area contributed by atoms with Crippen LogP contribution in [0.1, 0.15) is 51.9 Å². The molecule has 1 heterocycles. The van der Waals surface area contributed by atoms with E-state index in [-0.39, 0.29) is 12.3 Å². The Hall–Kier alpha value is -3.68. The molecule has 1 aliphatic carbocycles. The van der Waals surface area contributed by atoms with Crippen LogP contribution in [0.3, 0.4) is 0 Å². The van der Waals surface area contributed by atoms with Gasteiger partial charge in [-0.25, -0.2) is 14.1 Å². The van der Waals surface area contributed by atoms with E-state index in [2.05, 4.69) is 11.4 Å². The zero-order valence-corrected chi connectivity index (χ0v) is 20.5. The van der Waals surface area contributed by atoms with Crippen molar-refractivity contribution in [2.24, 2.45) is 0 Å². The van der Waals surface area contributed by atoms with Gasteiger partial charge in [-0.3, -0.25) is 9.59 Å². The summed E-state index contributed by atoms with van der Waals surface area (Å²) in [6.07, 6.45) is 7.89. The number of rotatable bonds is 10. The maximum Gasteiger partial charge on any atom is 0.332 e. The van der Waals surface area contributed by atoms with Gasteiger partial charge in [-0.15, -0.1) is 0 Å². The monoisotopic (exact) mass is 493 g/mol. The van der Waals surface area contributed by atoms with E-state index in [1.165, 1.54) is 34.7 Å². The molecule has 2 aromatic carbocycles. The van der Waals surface area contributed by atoms with Gasteiger partial charge in [-0.2, -0.15) is 0 Å². The number of anilines is 2. The van der Waals surface area contributed by atoms with E-state index < -0.39 is 23.8 Å². The zero-order chi connectivity index (χ0) is 25.5. The van der Waals surface area contributed by atoms with Gasteiger partial charge in [0.05, 0.1) is 18.7 Å². The Balaban J connectivity index is 1.48. The number of ether oxygens (including phenoxy) is 1. The number of hydrogen-bond acceptors (Lipinski definition) is 4. The SMILES string of the molecule is CCCOc1ccc(NC(=O)C[C@H]2C(=O)N(c3ccc(F)cc3)C(=O)N2CCC2=CCCCC2)cc1. The van der Waals surface area contributed by atoms with Crippen LogP contribution < -0.4 is 15.0 Å². The van der Waals surface area contributed by atoms with Crippen molar-refractivity contribution >= 4 is 29.2 Å². The summed E-state index contributed by atoms with van der Waals surface area (Å²) >= 11 is 0. The normalized spacial score (nSPS) is 17.8. The van der Waals surface area contributed by atoms with Crippen LogP contribution in [0.5, 0.6) is 5.75 Å². The summed E-state index contributed by atoms with van der Waals surface area (Å²) in [5, 5.41) is 2.81. The first-order valence-corrected chi connectivity index (χ1v) is 12.6. The van der Waals surface area contributed by atoms with Gasteiger partial charge in [0.1, 0.15) is 17.6 Å². The summed E-state index contributed by atoms with van der Waals surface area (Å²) in [7, 11) is 0. The Kier molecular flexibility index (Phi) is 8.36. The van der Waals surface area contributed by atoms with E-state index in [1.54, 1.807) is 24.3 Å². The third-order valence-electron chi connectivity index (χ3n) is 6.45. The Labute approximate surface area is 210 Å². The van der Waals surface area contributed by atoms with Crippen LogP contribution in [0.15, 0.2) is 60.2 Å². The van der Waals surface area contributed by atoms with E-state index in [9.17, 15) is 18.8 Å². The molecule has 1 atom stereocenters. The molecule has 0 spiro atoms. The summed E-state index contributed by atoms with van der Waals surface area (Å²) in [6, 6.07) is 10.8. The minimum Gasteiger partial charge on any atom is -0.494 e. The van der Waals surface area contributed by atoms with Crippen molar-refractivity contribution in [1.82, 2.24) is 4.90 Å². The van der Waals surface area contributed by atoms with Gasteiger partial charge in [0, 0.05) is 12.2 Å². The van der Waals surface area contributed by atoms with Gasteiger partial charge in [0.15, 0.2) is 0 Å². The van der Waals surface area contributed by atoms with Gasteiger partial charge >= 0.3 is 6.03 Å². The number of hydrogen-bond donors (Lipinski definition) is 1. The van der Waals surface area contributed by atoms with Crippen LogP contribution in [-0.2, 0) is 9.59 Å². The highest BCUT2D eigenvalue weighted by Crippen LogP contribution is 2.29. The number of carbonyl (C=O) groups is 3. The Bertz CT molecular complexity index is 1110. The van der Waals surface area contributed by atoms with Gasteiger partial charge in [0.2, 0.25) is 5.91 Å². The lowest BCUT2D eigenvalue weighted by Gasteiger charge is -2.23. The highest BCUT2D eigenvalue weighted by atomic mass is 19.1. The number of halogens is 1. The van der Waals surface area contributed by atoms with Crippen LogP contribution in [-0.4, -0.2) is 41.9 Å². The van der Waals surface area contributed by atoms with E-state index in [0.29, 0.717) is 36.7 Å². The predicted molar refractivity (Wildman–Crippen MR) is 136 cm³/mol. The minimum absolute atomic E-state index is 0.171. The van der Waals surface area contributed by atoms with Crippen molar-refractivity contribution in [1.29, 1.82) is 0 Å². The van der Waals surface area contributed by atoms with Gasteiger partial charge < -0.3 is 15.0 Å². The van der Waals surface area contributed by atoms with Crippen LogP contribution in [0.25, 0.3) is 0 Å². The van der Waals surface area contributed by atoms with Gasteiger partial charge in [-0.1, -0.05) is 18.6 Å². The van der Waals surface area contributed by atoms with E-state index in [4.69, 9.17) is 4.74 Å². The first-order chi connectivity index (χ1) is 17.5. The molecular weight excluding hydrogens is 461 g/mol. The fourth-order valence-corrected chi connectivity index (χ4v) is 4.55. The third-order valence-corrected chi connectivity index (χ3v) is 6.45. The van der Waals surface area contributed by atoms with E-state index >= 15 is 0 Å². The molecule has 1 saturated heterocycles. The number of nitrogens with zero attached hydrogens (tertiary/aromatic N) is 2. The smallest absolute Gasteiger partial charge is 0.332 e. The lowest BCUT2D eigenvalue weighted by Crippen LogP contribution is -2.38. The van der Waals surface area contributed by atoms with Crippen molar-refractivity contribution in [2.75, 3.05) is 23.4 Å². The second-order valence-electron chi connectivity index (χ2n) is 9.13. The van der Waals surface area contributed by atoms with Crippen molar-refractivity contribution in [3.8, 4) is 5.75 Å². The predicted octanol–water partition coefficient (Wildman–Crippen LogP) is 5.67. The molecule has 36 heavy (non-hydrogen) atoms. The van der Waals surface area contributed by atoms with Crippen molar-refractivity contribution in [2.45, 2.75) is 57.9 Å². The molecule has 4 rings (SSSR count). The second kappa shape index (κ2) is 11.8. The summed E-state index contributed by atoms with van der Waals surface area (Å²) in [4.78, 5) is 42.1. The van der Waals surface area contributed by atoms with Crippen LogP contribution >= 0.6 is 0 Å². The molecule has 0 aromatic heterocycles. The largest absolute Gasteiger partial charge is 0.494 e. The maximum atomic E-state index is 13.4. The second-order valence-corrected chi connectivity index (χ2v) is 9.13. The Morgan fingerprint density at radius 3 is 2.50 bits per heavy atom. The molecule has 190 valence electrons. The first-order valence-electron chi connectivity index (χ1n) is 12.6. The molecule has 1 fully saturated rings. The highest BCUT2D eigenvalue weighted by molar-refractivity contribution is 6.22. The van der Waals surface area contributed by atoms with Crippen molar-refractivity contribution < 1.29 is 23.5 Å². The van der Waals surface area contributed by atoms with Crippen molar-refractivity contribution in [3.63, 3.8) is 0 Å². The number of nitrogens with one attached hydrogen (secondary N) is 1. The number of allylic oxidation sites excluding steroid dienone is 1. The lowest BCUT2D eigenvalue weighted by molar-refractivity contribution is -0.124. The van der Waals surface area contributed by atoms with E-state index in [0.717, 1.165) is 37.0 Å². The Morgan fingerprint density at radius 1 is 1.08 bits per heavy atom. The molecule has 1 aliphatic heterocycles. The van der Waals surface area contributed by atoms with Crippen molar-refractivity contribution in [3.05, 3.63) is 66.0 Å². The average Bonchev–Trinajstić information content (AvgIpc) is 3.12. The first kappa shape index (κ1) is 25.4. The fraction of sp³-hybridized carbons (Fsp3) is 0.393. The molecule has 0 radical (unpaired) electrons. The Morgan fingerprint density at radius 2 is 1.83 bits per heavy atom. The molecule has 0 unspecified atom stereocenters. The third kappa shape index (κ3) is 6.11. The average molecular weight is 494 g/mol. The standard InChI is InChI=1S/C28H32FN3O4/c1-2-18-36-24-14-10-22(11-15-24)30-26(33)19-25-27(34)32(23-12-8-21(29)9-13-23)28(35)31(25)17-16-20-6-4-3-5-7-20/h6,8-15,25H,2-5,7,16-19H2,1H3,(H,30,33)/t25-/m0/s1. The number of imide groups is 1. The number of amides is 4. The van der Waals surface area contributed by atoms with E-state index in [1.807, 2.05) is 6.92 Å². The maximum absolute atomic E-state index is 13.4. The minimum atomic E-state index is -0.932. The molecule has 0 bridgehead atoms. The summed E-state index contributed by atoms with van der Waals surface area (Å²) in [5.74, 6) is -0.598. The van der Waals surface area contributed by atoms with Gasteiger partial charge in [-0.05, 0) is 87.1 Å². The zero-order valence-electron chi connectivity index (χ0n) is 20.5. The number of benzene rings is 2. The molecule has 2 aliphatic rings. The molecule has 7 nitrogen and oxygen atoms in total. The molecule has 2 aromatic rings. The number of carbonyl (C=O) groups excluding carboxylic acids is 3. The van der Waals surface area contributed by atoms with Crippen LogP contribution in [0, 0.1) is 5.82 Å². The lowest BCUT2D eigenvalue weighted by atomic mass is 9.97. The summed E-state index contributed by atoms with van der Waals surface area (Å²) < 4.78 is 19.0. The highest BCUT2D eigenvalue weighted by Gasteiger charge is 2.46. The molecular formula is C28H32FN3O4. The summed E-state index contributed by atoms with van der Waals surface area (Å²) in [5.41, 5.74) is 2.14. The summed E-state index contributed by atoms with van der Waals surface area (Å²) in [6.45, 7) is 2.98. The quantitative estimate of drug-likeness (QED) is 0.342. The molecule has 1 N–H and O–H groups in total. The molecule has 0 saturated carbocycles. The molecule has 8 heteroatoms. The van der Waals surface area contributed by atoms with Gasteiger partial charge in [0.25, 0.3) is 5.91 Å². The van der Waals surface area contributed by atoms with Crippen LogP contribution in [0.4, 0.5) is 20.6 Å².